The third kappa shape index (κ3) is 5.56. The molecule has 4 N–H and O–H groups in total. The van der Waals surface area contributed by atoms with E-state index in [9.17, 15) is 10.1 Å². The molecule has 2 aromatic rings. The molecule has 0 radical (unpaired) electrons. The fraction of sp³-hybridized carbons (Fsp3) is 0.400. The number of nitrogens with one attached hydrogen (secondary N) is 2. The molecular formula is C20H27N7O2. The van der Waals surface area contributed by atoms with Gasteiger partial charge in [-0.05, 0) is 30.0 Å². The number of nitrogens with two attached hydrogens (primary N) is 1. The first-order chi connectivity index (χ1) is 13.6. The van der Waals surface area contributed by atoms with Gasteiger partial charge in [-0.25, -0.2) is 5.48 Å². The Morgan fingerprint density at radius 1 is 1.34 bits per heavy atom. The van der Waals surface area contributed by atoms with E-state index in [0.29, 0.717) is 23.6 Å². The zero-order chi connectivity index (χ0) is 21.8. The Hall–Kier alpha value is -3.38. The molecule has 1 heterocycles. The molecule has 0 spiro atoms. The van der Waals surface area contributed by atoms with E-state index in [-0.39, 0.29) is 28.7 Å². The Balaban J connectivity index is 2.47. The number of hydrogen-bond donors (Lipinski definition) is 3. The van der Waals surface area contributed by atoms with Crippen LogP contribution in [0.15, 0.2) is 18.2 Å². The summed E-state index contributed by atoms with van der Waals surface area (Å²) >= 11 is 0. The fourth-order valence-electron chi connectivity index (χ4n) is 2.90. The van der Waals surface area contributed by atoms with Gasteiger partial charge in [0.1, 0.15) is 11.6 Å². The average molecular weight is 397 g/mol. The number of rotatable bonds is 6. The predicted molar refractivity (Wildman–Crippen MR) is 113 cm³/mol. The highest BCUT2D eigenvalue weighted by molar-refractivity contribution is 5.95. The van der Waals surface area contributed by atoms with E-state index >= 15 is 0 Å². The normalized spacial score (nSPS) is 10.9. The van der Waals surface area contributed by atoms with Gasteiger partial charge in [0.15, 0.2) is 11.6 Å². The molecule has 9 heteroatoms. The lowest BCUT2D eigenvalue weighted by Crippen LogP contribution is -2.31. The molecule has 0 bridgehead atoms. The summed E-state index contributed by atoms with van der Waals surface area (Å²) in [7, 11) is 3.22. The van der Waals surface area contributed by atoms with E-state index in [2.05, 4.69) is 52.4 Å². The molecule has 154 valence electrons. The summed E-state index contributed by atoms with van der Waals surface area (Å²) in [5, 5.41) is 12.9. The molecule has 1 aromatic heterocycles. The van der Waals surface area contributed by atoms with Crippen LogP contribution in [0.3, 0.4) is 0 Å². The molecule has 0 atom stereocenters. The molecule has 0 aliphatic rings. The number of carbonyl (C=O) groups is 1. The quantitative estimate of drug-likeness (QED) is 0.635. The van der Waals surface area contributed by atoms with Crippen LogP contribution < -0.4 is 21.4 Å². The van der Waals surface area contributed by atoms with E-state index < -0.39 is 0 Å². The highest BCUT2D eigenvalue weighted by Gasteiger charge is 2.21. The van der Waals surface area contributed by atoms with Crippen LogP contribution in [0.25, 0.3) is 0 Å². The second kappa shape index (κ2) is 8.75. The number of amides is 1. The van der Waals surface area contributed by atoms with Gasteiger partial charge in [-0.15, -0.1) is 0 Å². The Morgan fingerprint density at radius 2 is 2.03 bits per heavy atom. The van der Waals surface area contributed by atoms with Crippen molar-refractivity contribution in [2.24, 2.45) is 5.41 Å². The van der Waals surface area contributed by atoms with Crippen LogP contribution >= 0.6 is 0 Å². The minimum atomic E-state index is -0.385. The first kappa shape index (κ1) is 21.9. The molecule has 1 aromatic carbocycles. The molecule has 9 nitrogen and oxygen atoms in total. The van der Waals surface area contributed by atoms with Crippen molar-refractivity contribution in [1.82, 2.24) is 15.4 Å². The van der Waals surface area contributed by atoms with Gasteiger partial charge in [-0.3, -0.25) is 9.63 Å². The number of nitrogen functional groups attached to an aromatic ring is 1. The van der Waals surface area contributed by atoms with Crippen molar-refractivity contribution >= 4 is 29.2 Å². The van der Waals surface area contributed by atoms with Crippen LogP contribution in [0.4, 0.5) is 23.3 Å². The van der Waals surface area contributed by atoms with E-state index in [1.165, 1.54) is 7.11 Å². The molecule has 0 aliphatic carbocycles. The Labute approximate surface area is 170 Å². The zero-order valence-corrected chi connectivity index (χ0v) is 17.6. The lowest BCUT2D eigenvalue weighted by molar-refractivity contribution is 0.0537. The third-order valence-electron chi connectivity index (χ3n) is 4.04. The van der Waals surface area contributed by atoms with Crippen molar-refractivity contribution in [3.63, 3.8) is 0 Å². The van der Waals surface area contributed by atoms with Gasteiger partial charge >= 0.3 is 0 Å². The maximum Gasteiger partial charge on any atom is 0.274 e. The number of hydrogen-bond acceptors (Lipinski definition) is 8. The van der Waals surface area contributed by atoms with Gasteiger partial charge in [0.2, 0.25) is 5.95 Å². The van der Waals surface area contributed by atoms with Crippen LogP contribution in [0.5, 0.6) is 0 Å². The molecule has 2 rings (SSSR count). The highest BCUT2D eigenvalue weighted by atomic mass is 16.6. The summed E-state index contributed by atoms with van der Waals surface area (Å²) in [5.74, 6) is 0.392. The smallest absolute Gasteiger partial charge is 0.274 e. The Kier molecular flexibility index (Phi) is 6.61. The van der Waals surface area contributed by atoms with Crippen molar-refractivity contribution < 1.29 is 9.63 Å². The van der Waals surface area contributed by atoms with Gasteiger partial charge in [-0.2, -0.15) is 15.2 Å². The molecule has 0 unspecified atom stereocenters. The summed E-state index contributed by atoms with van der Waals surface area (Å²) in [4.78, 5) is 27.1. The molecule has 1 amide bonds. The van der Waals surface area contributed by atoms with Crippen LogP contribution in [-0.2, 0) is 4.84 Å². The van der Waals surface area contributed by atoms with Gasteiger partial charge in [0, 0.05) is 24.8 Å². The van der Waals surface area contributed by atoms with Crippen LogP contribution in [0.1, 0.15) is 42.3 Å². The summed E-state index contributed by atoms with van der Waals surface area (Å²) in [6, 6.07) is 7.29. The van der Waals surface area contributed by atoms with E-state index in [1.54, 1.807) is 18.2 Å². The van der Waals surface area contributed by atoms with E-state index in [1.807, 2.05) is 18.9 Å². The minimum Gasteiger partial charge on any atom is -0.368 e. The third-order valence-corrected chi connectivity index (χ3v) is 4.04. The van der Waals surface area contributed by atoms with Crippen molar-refractivity contribution in [3.8, 4) is 6.07 Å². The highest BCUT2D eigenvalue weighted by Crippen LogP contribution is 2.30. The molecule has 29 heavy (non-hydrogen) atoms. The number of aromatic nitrogens is 2. The molecule has 0 saturated carbocycles. The van der Waals surface area contributed by atoms with E-state index in [0.717, 1.165) is 5.56 Å². The summed E-state index contributed by atoms with van der Waals surface area (Å²) < 4.78 is 0. The lowest BCUT2D eigenvalue weighted by atomic mass is 9.96. The molecular weight excluding hydrogens is 370 g/mol. The Morgan fingerprint density at radius 3 is 2.62 bits per heavy atom. The second-order valence-electron chi connectivity index (χ2n) is 7.95. The number of nitriles is 1. The van der Waals surface area contributed by atoms with Crippen LogP contribution in [-0.4, -0.2) is 36.6 Å². The number of nitrogens with zero attached hydrogens (tertiary/aromatic N) is 4. The lowest BCUT2D eigenvalue weighted by Gasteiger charge is -2.28. The minimum absolute atomic E-state index is 0.00555. The first-order valence-corrected chi connectivity index (χ1v) is 9.05. The average Bonchev–Trinajstić information content (AvgIpc) is 2.61. The van der Waals surface area contributed by atoms with Gasteiger partial charge in [-0.1, -0.05) is 26.8 Å². The maximum absolute atomic E-state index is 12.0. The number of carbonyl (C=O) groups excluding carboxylic acids is 1. The van der Waals surface area contributed by atoms with Crippen molar-refractivity contribution in [1.29, 1.82) is 5.26 Å². The molecule has 0 saturated heterocycles. The monoisotopic (exact) mass is 397 g/mol. The summed E-state index contributed by atoms with van der Waals surface area (Å²) in [6.07, 6.45) is 0. The van der Waals surface area contributed by atoms with Crippen LogP contribution in [0, 0.1) is 23.7 Å². The SMILES string of the molecule is CONC(=O)c1ccc(C)c(Nc2nc(N)nc(N(C)CC(C)(C)C)c2C#N)c1. The number of hydroxylamine groups is 1. The molecule has 0 aliphatic heterocycles. The fourth-order valence-corrected chi connectivity index (χ4v) is 2.90. The van der Waals surface area contributed by atoms with Crippen molar-refractivity contribution in [3.05, 3.63) is 34.9 Å². The summed E-state index contributed by atoms with van der Waals surface area (Å²) in [5.41, 5.74) is 10.3. The number of benzene rings is 1. The van der Waals surface area contributed by atoms with Crippen LogP contribution in [0.2, 0.25) is 0 Å². The number of anilines is 4. The van der Waals surface area contributed by atoms with Crippen molar-refractivity contribution in [2.75, 3.05) is 36.7 Å². The topological polar surface area (TPSA) is 129 Å². The predicted octanol–water partition coefficient (Wildman–Crippen LogP) is 2.76. The zero-order valence-electron chi connectivity index (χ0n) is 17.6. The van der Waals surface area contributed by atoms with Gasteiger partial charge < -0.3 is 16.0 Å². The van der Waals surface area contributed by atoms with Gasteiger partial charge in [0.25, 0.3) is 5.91 Å². The van der Waals surface area contributed by atoms with Gasteiger partial charge in [0.05, 0.1) is 7.11 Å². The maximum atomic E-state index is 12.0. The summed E-state index contributed by atoms with van der Waals surface area (Å²) in [6.45, 7) is 8.84. The largest absolute Gasteiger partial charge is 0.368 e. The standard InChI is InChI=1S/C20H27N7O2/c1-12-7-8-13(18(28)26-29-6)9-15(12)23-16-14(10-21)17(25-19(22)24-16)27(5)11-20(2,3)4/h7-9H,11H2,1-6H3,(H,26,28)(H3,22,23,24,25). The molecule has 0 fully saturated rings. The van der Waals surface area contributed by atoms with E-state index in [4.69, 9.17) is 5.73 Å². The van der Waals surface area contributed by atoms with Crippen molar-refractivity contribution in [2.45, 2.75) is 27.7 Å². The first-order valence-electron chi connectivity index (χ1n) is 9.05. The number of aryl methyl sites for hydroxylation is 1. The Bertz CT molecular complexity index is 945. The second-order valence-corrected chi connectivity index (χ2v) is 7.95.